The number of ether oxygens (including phenoxy) is 1. The molecule has 0 radical (unpaired) electrons. The van der Waals surface area contributed by atoms with E-state index in [2.05, 4.69) is 5.32 Å². The lowest BCUT2D eigenvalue weighted by Crippen LogP contribution is -2.32. The Morgan fingerprint density at radius 2 is 1.78 bits per heavy atom. The van der Waals surface area contributed by atoms with E-state index in [-0.39, 0.29) is 22.8 Å². The first-order valence-corrected chi connectivity index (χ1v) is 10.6. The van der Waals surface area contributed by atoms with Crippen molar-refractivity contribution in [3.8, 4) is 17.1 Å². The van der Waals surface area contributed by atoms with Gasteiger partial charge in [-0.3, -0.25) is 9.59 Å². The number of halogens is 1. The minimum Gasteiger partial charge on any atom is -0.473 e. The molecule has 0 aliphatic rings. The van der Waals surface area contributed by atoms with Gasteiger partial charge in [0.05, 0.1) is 5.39 Å². The van der Waals surface area contributed by atoms with Gasteiger partial charge in [-0.2, -0.15) is 0 Å². The SMILES string of the molecule is Cc1ccc(NC(=O)C(C)Oc2c(-c3ccccc3)oc3ccc(Cl)cc3c2=O)c(C)c1. The number of hydrogen-bond donors (Lipinski definition) is 1. The molecule has 3 aromatic carbocycles. The van der Waals surface area contributed by atoms with Crippen molar-refractivity contribution in [3.05, 3.63) is 93.1 Å². The Kier molecular flexibility index (Phi) is 6.01. The molecule has 1 N–H and O–H groups in total. The number of nitrogens with one attached hydrogen (secondary N) is 1. The van der Waals surface area contributed by atoms with Gasteiger partial charge in [-0.25, -0.2) is 0 Å². The van der Waals surface area contributed by atoms with E-state index < -0.39 is 11.5 Å². The molecule has 162 valence electrons. The van der Waals surface area contributed by atoms with Crippen LogP contribution in [0.25, 0.3) is 22.3 Å². The summed E-state index contributed by atoms with van der Waals surface area (Å²) in [6.45, 7) is 5.50. The zero-order valence-electron chi connectivity index (χ0n) is 17.9. The van der Waals surface area contributed by atoms with E-state index in [0.29, 0.717) is 21.9 Å². The molecule has 6 heteroatoms. The maximum Gasteiger partial charge on any atom is 0.265 e. The van der Waals surface area contributed by atoms with Gasteiger partial charge in [0.1, 0.15) is 5.58 Å². The zero-order chi connectivity index (χ0) is 22.8. The number of rotatable bonds is 5. The maximum absolute atomic E-state index is 13.3. The number of anilines is 1. The highest BCUT2D eigenvalue weighted by Gasteiger charge is 2.23. The third-order valence-corrected chi connectivity index (χ3v) is 5.39. The van der Waals surface area contributed by atoms with E-state index >= 15 is 0 Å². The van der Waals surface area contributed by atoms with Gasteiger partial charge in [0, 0.05) is 16.3 Å². The highest BCUT2D eigenvalue weighted by Crippen LogP contribution is 2.32. The average molecular weight is 448 g/mol. The third kappa shape index (κ3) is 4.39. The normalized spacial score (nSPS) is 11.9. The number of fused-ring (bicyclic) bond motifs is 1. The van der Waals surface area contributed by atoms with E-state index in [1.807, 2.05) is 62.4 Å². The van der Waals surface area contributed by atoms with Crippen molar-refractivity contribution >= 4 is 34.2 Å². The van der Waals surface area contributed by atoms with Crippen LogP contribution in [0.1, 0.15) is 18.1 Å². The summed E-state index contributed by atoms with van der Waals surface area (Å²) in [5.41, 5.74) is 3.40. The van der Waals surface area contributed by atoms with Gasteiger partial charge in [-0.05, 0) is 50.6 Å². The second-order valence-corrected chi connectivity index (χ2v) is 8.10. The quantitative estimate of drug-likeness (QED) is 0.399. The molecule has 0 fully saturated rings. The van der Waals surface area contributed by atoms with E-state index in [1.54, 1.807) is 19.1 Å². The molecular formula is C26H22ClNO4. The van der Waals surface area contributed by atoms with E-state index in [0.717, 1.165) is 11.1 Å². The Hall–Kier alpha value is -3.57. The molecule has 1 aromatic heterocycles. The molecule has 0 saturated carbocycles. The van der Waals surface area contributed by atoms with Gasteiger partial charge in [0.15, 0.2) is 11.9 Å². The van der Waals surface area contributed by atoms with Crippen LogP contribution in [0.2, 0.25) is 5.02 Å². The molecule has 5 nitrogen and oxygen atoms in total. The van der Waals surface area contributed by atoms with Crippen molar-refractivity contribution < 1.29 is 13.9 Å². The van der Waals surface area contributed by atoms with Gasteiger partial charge in [-0.1, -0.05) is 59.6 Å². The van der Waals surface area contributed by atoms with Crippen LogP contribution in [0.15, 0.2) is 75.9 Å². The van der Waals surface area contributed by atoms with Crippen LogP contribution in [0.3, 0.4) is 0 Å². The van der Waals surface area contributed by atoms with Crippen LogP contribution in [0, 0.1) is 13.8 Å². The van der Waals surface area contributed by atoms with Crippen LogP contribution in [-0.2, 0) is 4.79 Å². The predicted octanol–water partition coefficient (Wildman–Crippen LogP) is 6.14. The standard InChI is InChI=1S/C26H22ClNO4/c1-15-9-11-21(16(2)13-15)28-26(30)17(3)31-25-23(29)20-14-19(27)10-12-22(20)32-24(25)18-7-5-4-6-8-18/h4-14,17H,1-3H3,(H,28,30). The second kappa shape index (κ2) is 8.89. The Labute approximate surface area is 190 Å². The Balaban J connectivity index is 1.73. The van der Waals surface area contributed by atoms with Crippen molar-refractivity contribution in [1.82, 2.24) is 0 Å². The first-order valence-electron chi connectivity index (χ1n) is 10.2. The van der Waals surface area contributed by atoms with Gasteiger partial charge in [0.2, 0.25) is 11.2 Å². The summed E-state index contributed by atoms with van der Waals surface area (Å²) in [6, 6.07) is 19.7. The molecule has 32 heavy (non-hydrogen) atoms. The minimum atomic E-state index is -0.947. The lowest BCUT2D eigenvalue weighted by molar-refractivity contribution is -0.122. The monoisotopic (exact) mass is 447 g/mol. The Bertz CT molecular complexity index is 1360. The zero-order valence-corrected chi connectivity index (χ0v) is 18.7. The first-order chi connectivity index (χ1) is 15.3. The first kappa shape index (κ1) is 21.7. The summed E-state index contributed by atoms with van der Waals surface area (Å²) >= 11 is 6.09. The minimum absolute atomic E-state index is 0.0331. The van der Waals surface area contributed by atoms with Crippen molar-refractivity contribution in [2.45, 2.75) is 26.9 Å². The van der Waals surface area contributed by atoms with E-state index in [1.165, 1.54) is 6.07 Å². The molecule has 0 aliphatic carbocycles. The predicted molar refractivity (Wildman–Crippen MR) is 128 cm³/mol. The Morgan fingerprint density at radius 3 is 2.50 bits per heavy atom. The van der Waals surface area contributed by atoms with Gasteiger partial charge in [-0.15, -0.1) is 0 Å². The number of carbonyl (C=O) groups excluding carboxylic acids is 1. The smallest absolute Gasteiger partial charge is 0.265 e. The molecule has 0 saturated heterocycles. The van der Waals surface area contributed by atoms with Gasteiger partial charge >= 0.3 is 0 Å². The molecule has 1 unspecified atom stereocenters. The second-order valence-electron chi connectivity index (χ2n) is 7.66. The molecule has 0 spiro atoms. The summed E-state index contributed by atoms with van der Waals surface area (Å²) in [5.74, 6) is -0.146. The molecule has 1 atom stereocenters. The van der Waals surface area contributed by atoms with Crippen LogP contribution in [0.5, 0.6) is 5.75 Å². The fourth-order valence-electron chi connectivity index (χ4n) is 3.46. The van der Waals surface area contributed by atoms with Crippen molar-refractivity contribution in [1.29, 1.82) is 0 Å². The molecule has 4 aromatic rings. The summed E-state index contributed by atoms with van der Waals surface area (Å²) in [7, 11) is 0. The lowest BCUT2D eigenvalue weighted by Gasteiger charge is -2.18. The largest absolute Gasteiger partial charge is 0.473 e. The lowest BCUT2D eigenvalue weighted by atomic mass is 10.1. The van der Waals surface area contributed by atoms with Gasteiger partial charge < -0.3 is 14.5 Å². The van der Waals surface area contributed by atoms with Crippen LogP contribution >= 0.6 is 11.6 Å². The number of carbonyl (C=O) groups is 1. The molecule has 0 aliphatic heterocycles. The van der Waals surface area contributed by atoms with Crippen molar-refractivity contribution in [2.75, 3.05) is 5.32 Å². The number of benzene rings is 3. The Morgan fingerprint density at radius 1 is 1.03 bits per heavy atom. The summed E-state index contributed by atoms with van der Waals surface area (Å²) in [6.07, 6.45) is -0.947. The number of amides is 1. The molecule has 1 amide bonds. The fourth-order valence-corrected chi connectivity index (χ4v) is 3.63. The number of hydrogen-bond acceptors (Lipinski definition) is 4. The van der Waals surface area contributed by atoms with E-state index in [4.69, 9.17) is 20.8 Å². The molecule has 4 rings (SSSR count). The highest BCUT2D eigenvalue weighted by molar-refractivity contribution is 6.31. The van der Waals surface area contributed by atoms with E-state index in [9.17, 15) is 9.59 Å². The average Bonchev–Trinajstić information content (AvgIpc) is 2.78. The molecule has 1 heterocycles. The fraction of sp³-hybridized carbons (Fsp3) is 0.154. The van der Waals surface area contributed by atoms with Crippen LogP contribution in [0.4, 0.5) is 5.69 Å². The third-order valence-electron chi connectivity index (χ3n) is 5.15. The summed E-state index contributed by atoms with van der Waals surface area (Å²) in [4.78, 5) is 26.1. The maximum atomic E-state index is 13.3. The number of aryl methyl sites for hydroxylation is 2. The molecular weight excluding hydrogens is 426 g/mol. The van der Waals surface area contributed by atoms with Crippen LogP contribution < -0.4 is 15.5 Å². The topological polar surface area (TPSA) is 68.5 Å². The van der Waals surface area contributed by atoms with Gasteiger partial charge in [0.25, 0.3) is 5.91 Å². The summed E-state index contributed by atoms with van der Waals surface area (Å²) < 4.78 is 11.9. The highest BCUT2D eigenvalue weighted by atomic mass is 35.5. The molecule has 0 bridgehead atoms. The van der Waals surface area contributed by atoms with Crippen molar-refractivity contribution in [3.63, 3.8) is 0 Å². The van der Waals surface area contributed by atoms with Crippen molar-refractivity contribution in [2.24, 2.45) is 0 Å². The van der Waals surface area contributed by atoms with Crippen LogP contribution in [-0.4, -0.2) is 12.0 Å². The summed E-state index contributed by atoms with van der Waals surface area (Å²) in [5, 5.41) is 3.56.